The van der Waals surface area contributed by atoms with Gasteiger partial charge in [0.1, 0.15) is 76.6 Å². The van der Waals surface area contributed by atoms with Gasteiger partial charge in [0, 0.05) is 59.4 Å². The number of esters is 1. The Labute approximate surface area is 324 Å². The van der Waals surface area contributed by atoms with Crippen LogP contribution in [0, 0.1) is 6.92 Å². The van der Waals surface area contributed by atoms with Crippen LogP contribution in [0.3, 0.4) is 0 Å². The molecule has 8 heterocycles. The molecule has 0 radical (unpaired) electrons. The second-order valence-corrected chi connectivity index (χ2v) is 17.8. The third-order valence-electron chi connectivity index (χ3n) is 11.2. The highest BCUT2D eigenvalue weighted by Gasteiger charge is 2.61. The monoisotopic (exact) mass is 781 g/mol. The van der Waals surface area contributed by atoms with Crippen LogP contribution in [0.25, 0.3) is 22.2 Å². The Kier molecular flexibility index (Phi) is 8.75. The number of nitrogens with zero attached hydrogens (tertiary/aromatic N) is 3. The molecule has 15 heteroatoms. The number of anilines is 2. The van der Waals surface area contributed by atoms with Gasteiger partial charge >= 0.3 is 5.97 Å². The minimum atomic E-state index is -1.16. The van der Waals surface area contributed by atoms with Crippen molar-refractivity contribution >= 4 is 55.9 Å². The number of nitrogens with two attached hydrogens (primary N) is 2. The van der Waals surface area contributed by atoms with Crippen LogP contribution in [0.4, 0.5) is 11.6 Å². The van der Waals surface area contributed by atoms with Crippen molar-refractivity contribution in [3.8, 4) is 22.8 Å². The van der Waals surface area contributed by atoms with Crippen molar-refractivity contribution in [1.29, 1.82) is 0 Å². The van der Waals surface area contributed by atoms with Gasteiger partial charge in [-0.15, -0.1) is 0 Å². The lowest BCUT2D eigenvalue weighted by Crippen LogP contribution is -3.05. The molecule has 1 unspecified atom stereocenters. The third-order valence-corrected chi connectivity index (χ3v) is 13.5. The first-order valence-electron chi connectivity index (χ1n) is 18.3. The summed E-state index contributed by atoms with van der Waals surface area (Å²) in [4.78, 5) is 42.1. The van der Waals surface area contributed by atoms with Crippen LogP contribution in [0.15, 0.2) is 68.6 Å². The number of allylic oxidation sites excluding steroid dienone is 1. The highest BCUT2D eigenvalue weighted by atomic mass is 33.1. The first kappa shape index (κ1) is 35.8. The Morgan fingerprint density at radius 1 is 1.05 bits per heavy atom. The summed E-state index contributed by atoms with van der Waals surface area (Å²) in [5.41, 5.74) is 17.8. The summed E-state index contributed by atoms with van der Waals surface area (Å²) in [6.45, 7) is 6.76. The molecule has 1 aromatic carbocycles. The number of epoxide rings is 1. The number of carbonyl (C=O) groups is 1. The molecule has 55 heavy (non-hydrogen) atoms. The lowest BCUT2D eigenvalue weighted by Gasteiger charge is -2.42. The fraction of sp³-hybridized carbons (Fsp3) is 0.375. The van der Waals surface area contributed by atoms with Crippen molar-refractivity contribution in [2.45, 2.75) is 82.2 Å². The number of quaternary nitrogens is 1. The maximum Gasteiger partial charge on any atom is 0.341 e. The van der Waals surface area contributed by atoms with E-state index in [0.29, 0.717) is 66.0 Å². The third kappa shape index (κ3) is 6.56. The van der Waals surface area contributed by atoms with E-state index in [9.17, 15) is 14.7 Å². The van der Waals surface area contributed by atoms with Gasteiger partial charge in [-0.25, -0.2) is 14.8 Å². The topological polar surface area (TPSA) is 193 Å². The molecule has 13 nitrogen and oxygen atoms in total. The Morgan fingerprint density at radius 2 is 1.91 bits per heavy atom. The van der Waals surface area contributed by atoms with Crippen LogP contribution in [0.2, 0.25) is 0 Å². The molecule has 5 aliphatic rings. The van der Waals surface area contributed by atoms with Gasteiger partial charge in [-0.3, -0.25) is 14.7 Å². The summed E-state index contributed by atoms with van der Waals surface area (Å²) in [5.74, 6) is 2.10. The Bertz CT molecular complexity index is 2450. The van der Waals surface area contributed by atoms with E-state index in [4.69, 9.17) is 40.1 Å². The first-order chi connectivity index (χ1) is 26.4. The summed E-state index contributed by atoms with van der Waals surface area (Å²) in [6.07, 6.45) is 6.65. The van der Waals surface area contributed by atoms with Gasteiger partial charge in [-0.2, -0.15) is 0 Å². The van der Waals surface area contributed by atoms with Crippen LogP contribution in [-0.2, 0) is 39.4 Å². The number of fused-ring (bicyclic) bond motifs is 9. The van der Waals surface area contributed by atoms with Gasteiger partial charge in [0.15, 0.2) is 11.0 Å². The van der Waals surface area contributed by atoms with Crippen molar-refractivity contribution in [3.63, 3.8) is 0 Å². The molecule has 284 valence electrons. The molecule has 0 spiro atoms. The predicted molar refractivity (Wildman–Crippen MR) is 212 cm³/mol. The zero-order chi connectivity index (χ0) is 38.2. The van der Waals surface area contributed by atoms with Crippen molar-refractivity contribution in [2.24, 2.45) is 4.99 Å². The number of ether oxygens (including phenoxy) is 3. The molecule has 3 aromatic heterocycles. The number of benzene rings is 1. The van der Waals surface area contributed by atoms with E-state index in [2.05, 4.69) is 17.3 Å². The Balaban J connectivity index is 1.04. The number of hydrogen-bond acceptors (Lipinski definition) is 14. The van der Waals surface area contributed by atoms with Crippen molar-refractivity contribution < 1.29 is 33.4 Å². The SMILES string of the molecule is Cc1cc(=O)c2c(O)c3c(cc2o1)O[C@@]1(C)CCSSCc2c(cc(C[NH+]4C=C5C=CN=C5C4)nc2N)-c2cc(cc(N)n2)CC[C@@H]2O[C@]2(C)C(=O)O[C@H]1C3. The zero-order valence-electron chi connectivity index (χ0n) is 30.6. The van der Waals surface area contributed by atoms with E-state index in [0.717, 1.165) is 45.9 Å². The number of phenols is 1. The number of nitrogens with one attached hydrogen (secondary N) is 1. The molecule has 5 atom stereocenters. The highest BCUT2D eigenvalue weighted by Crippen LogP contribution is 2.47. The standard InChI is InChI=1S/C40H40N6O7S2/c1-20-10-29(47)35-31(50-20)15-30-25(36(35)48)14-33-39(2,52-30)7-9-54-55-19-26-24(13-23(44-37(26)42)17-46-16-22-6-8-43-28(22)18-46)27-11-21(12-34(41)45-27)4-5-32-40(3,53-32)38(49)51-33/h6,8,10-13,15-16,32-33,48H,4-5,7,9,14,17-19H2,1-3H3,(H2,41,45)(H2,42,44)/p+1/t32-,33-,39-,40-/m0/s1. The summed E-state index contributed by atoms with van der Waals surface area (Å²) >= 11 is 0. The fourth-order valence-electron chi connectivity index (χ4n) is 8.05. The number of aliphatic imine (C=N–C) groups is 1. The van der Waals surface area contributed by atoms with E-state index in [1.165, 1.54) is 11.0 Å². The molecule has 6 N–H and O–H groups in total. The lowest BCUT2D eigenvalue weighted by molar-refractivity contribution is -0.848. The van der Waals surface area contributed by atoms with E-state index in [1.807, 2.05) is 31.3 Å². The number of pyridine rings is 2. The second kappa shape index (κ2) is 13.4. The molecule has 0 saturated carbocycles. The molecular weight excluding hydrogens is 741 g/mol. The van der Waals surface area contributed by atoms with E-state index < -0.39 is 23.3 Å². The van der Waals surface area contributed by atoms with Crippen molar-refractivity contribution in [3.05, 3.63) is 92.7 Å². The smallest absolute Gasteiger partial charge is 0.341 e. The van der Waals surface area contributed by atoms with Crippen LogP contribution in [0.1, 0.15) is 54.8 Å². The average Bonchev–Trinajstić information content (AvgIpc) is 3.37. The minimum Gasteiger partial charge on any atom is -0.507 e. The fourth-order valence-corrected chi connectivity index (χ4v) is 10.4. The molecule has 2 bridgehead atoms. The van der Waals surface area contributed by atoms with E-state index in [1.54, 1.807) is 41.5 Å². The molecule has 0 aliphatic carbocycles. The van der Waals surface area contributed by atoms with Crippen LogP contribution < -0.4 is 26.5 Å². The van der Waals surface area contributed by atoms with Gasteiger partial charge in [-0.1, -0.05) is 21.6 Å². The minimum absolute atomic E-state index is 0.0676. The molecule has 9 rings (SSSR count). The summed E-state index contributed by atoms with van der Waals surface area (Å²) in [7, 11) is 3.28. The van der Waals surface area contributed by atoms with Crippen LogP contribution >= 0.6 is 21.6 Å². The first-order valence-corrected chi connectivity index (χ1v) is 20.8. The summed E-state index contributed by atoms with van der Waals surface area (Å²) in [5, 5.41) is 11.4. The zero-order valence-corrected chi connectivity index (χ0v) is 32.3. The number of aryl methyl sites for hydroxylation is 2. The average molecular weight is 782 g/mol. The van der Waals surface area contributed by atoms with E-state index in [-0.39, 0.29) is 34.7 Å². The van der Waals surface area contributed by atoms with Gasteiger partial charge in [0.25, 0.3) is 0 Å². The normalized spacial score (nSPS) is 27.3. The van der Waals surface area contributed by atoms with Crippen molar-refractivity contribution in [2.75, 3.05) is 23.8 Å². The second-order valence-electron chi connectivity index (χ2n) is 15.2. The van der Waals surface area contributed by atoms with Crippen molar-refractivity contribution in [1.82, 2.24) is 9.97 Å². The molecule has 1 fully saturated rings. The van der Waals surface area contributed by atoms with Gasteiger partial charge < -0.3 is 35.2 Å². The largest absolute Gasteiger partial charge is 0.507 e. The maximum absolute atomic E-state index is 13.9. The number of phenolic OH excluding ortho intramolecular Hbond substituents is 1. The number of hydrogen-bond donors (Lipinski definition) is 4. The Hall–Kier alpha value is -4.83. The van der Waals surface area contributed by atoms with Crippen LogP contribution in [0.5, 0.6) is 11.5 Å². The van der Waals surface area contributed by atoms with Gasteiger partial charge in [-0.05, 0) is 63.5 Å². The number of rotatable bonds is 2. The quantitative estimate of drug-likeness (QED) is 0.128. The lowest BCUT2D eigenvalue weighted by atomic mass is 9.86. The van der Waals surface area contributed by atoms with Gasteiger partial charge in [0.05, 0.1) is 23.1 Å². The van der Waals surface area contributed by atoms with Crippen LogP contribution in [-0.4, -0.2) is 62.5 Å². The summed E-state index contributed by atoms with van der Waals surface area (Å²) in [6, 6.07) is 8.95. The molecule has 1 saturated heterocycles. The number of carbonyl (C=O) groups excluding carboxylic acids is 1. The van der Waals surface area contributed by atoms with Gasteiger partial charge in [0.2, 0.25) is 0 Å². The predicted octanol–water partition coefficient (Wildman–Crippen LogP) is 4.36. The number of aromatic nitrogens is 2. The van der Waals surface area contributed by atoms with E-state index >= 15 is 0 Å². The summed E-state index contributed by atoms with van der Waals surface area (Å²) < 4.78 is 24.7. The number of aromatic hydroxyl groups is 1. The Morgan fingerprint density at radius 3 is 2.75 bits per heavy atom. The number of nitrogen functional groups attached to an aromatic ring is 2. The molecular formula is C40H41N6O7S2+. The molecule has 5 aliphatic heterocycles. The molecule has 4 aromatic rings. The molecule has 0 amide bonds. The maximum atomic E-state index is 13.9. The highest BCUT2D eigenvalue weighted by molar-refractivity contribution is 8.76.